The number of hydrogen-bond acceptors (Lipinski definition) is 4. The molecule has 192 valence electrons. The molecular weight excluding hydrogens is 495 g/mol. The van der Waals surface area contributed by atoms with E-state index in [2.05, 4.69) is 5.32 Å². The summed E-state index contributed by atoms with van der Waals surface area (Å²) in [4.78, 5) is 27.7. The number of nitrogens with zero attached hydrogens (tertiary/aromatic N) is 3. The number of amides is 2. The number of halogens is 2. The largest absolute Gasteiger partial charge is 0.354 e. The lowest BCUT2D eigenvalue weighted by atomic mass is 10.1. The first-order valence-electron chi connectivity index (χ1n) is 11.1. The van der Waals surface area contributed by atoms with Crippen molar-refractivity contribution in [3.63, 3.8) is 0 Å². The Labute approximate surface area is 211 Å². The lowest BCUT2D eigenvalue weighted by Crippen LogP contribution is -2.52. The molecule has 0 aliphatic carbocycles. The van der Waals surface area contributed by atoms with Crippen molar-refractivity contribution in [2.24, 2.45) is 5.92 Å². The van der Waals surface area contributed by atoms with E-state index in [1.807, 2.05) is 13.8 Å². The molecule has 0 unspecified atom stereocenters. The topological polar surface area (TPSA) is 90.0 Å². The monoisotopic (exact) mass is 526 g/mol. The van der Waals surface area contributed by atoms with Gasteiger partial charge in [-0.1, -0.05) is 37.6 Å². The van der Waals surface area contributed by atoms with E-state index in [-0.39, 0.29) is 24.1 Å². The maximum Gasteiger partial charge on any atom is 0.304 e. The molecule has 2 rings (SSSR count). The maximum absolute atomic E-state index is 13.5. The van der Waals surface area contributed by atoms with Gasteiger partial charge in [-0.25, -0.2) is 8.70 Å². The van der Waals surface area contributed by atoms with Crippen molar-refractivity contribution < 1.29 is 22.4 Å². The molecule has 1 N–H and O–H groups in total. The van der Waals surface area contributed by atoms with Crippen LogP contribution in [-0.2, 0) is 26.3 Å². The number of carbonyl (C=O) groups is 2. The fraction of sp³-hybridized carbons (Fsp3) is 0.417. The molecule has 0 saturated carbocycles. The number of rotatable bonds is 11. The van der Waals surface area contributed by atoms with Crippen molar-refractivity contribution in [1.29, 1.82) is 0 Å². The van der Waals surface area contributed by atoms with Gasteiger partial charge in [-0.15, -0.1) is 0 Å². The van der Waals surface area contributed by atoms with Crippen molar-refractivity contribution in [3.8, 4) is 0 Å². The molecule has 0 bridgehead atoms. The summed E-state index contributed by atoms with van der Waals surface area (Å²) in [5, 5.41) is 3.34. The fourth-order valence-corrected chi connectivity index (χ4v) is 4.33. The van der Waals surface area contributed by atoms with Crippen LogP contribution >= 0.6 is 11.6 Å². The minimum Gasteiger partial charge on any atom is -0.354 e. The molecule has 2 amide bonds. The van der Waals surface area contributed by atoms with Crippen LogP contribution in [0.1, 0.15) is 26.3 Å². The standard InChI is InChI=1S/C24H32ClFN4O4S/c1-17(2)14-27-24(32)18(3)29(15-19-6-8-20(25)9-7-19)23(31)16-30(35(33,34)28(4)5)22-12-10-21(26)11-13-22/h6-13,17-18H,14-16H2,1-5H3,(H,27,32)/t18-/m0/s1. The molecule has 2 aromatic rings. The molecule has 0 radical (unpaired) electrons. The van der Waals surface area contributed by atoms with Gasteiger partial charge in [0.15, 0.2) is 0 Å². The van der Waals surface area contributed by atoms with Gasteiger partial charge in [0.1, 0.15) is 18.4 Å². The number of carbonyl (C=O) groups excluding carboxylic acids is 2. The van der Waals surface area contributed by atoms with Crippen molar-refractivity contribution in [3.05, 3.63) is 64.9 Å². The van der Waals surface area contributed by atoms with E-state index in [0.717, 1.165) is 26.3 Å². The third-order valence-electron chi connectivity index (χ3n) is 5.25. The highest BCUT2D eigenvalue weighted by Crippen LogP contribution is 2.21. The first-order valence-corrected chi connectivity index (χ1v) is 12.9. The van der Waals surface area contributed by atoms with E-state index in [0.29, 0.717) is 11.6 Å². The Hall–Kier alpha value is -2.69. The molecule has 0 fully saturated rings. The van der Waals surface area contributed by atoms with Crippen LogP contribution in [0.3, 0.4) is 0 Å². The first kappa shape index (κ1) is 28.5. The van der Waals surface area contributed by atoms with Gasteiger partial charge in [-0.2, -0.15) is 12.7 Å². The number of anilines is 1. The fourth-order valence-electron chi connectivity index (χ4n) is 3.15. The molecule has 8 nitrogen and oxygen atoms in total. The summed E-state index contributed by atoms with van der Waals surface area (Å²) in [5.74, 6) is -1.28. The summed E-state index contributed by atoms with van der Waals surface area (Å²) < 4.78 is 41.4. The van der Waals surface area contributed by atoms with Gasteiger partial charge in [-0.3, -0.25) is 9.59 Å². The Bertz CT molecular complexity index is 1110. The lowest BCUT2D eigenvalue weighted by molar-refractivity contribution is -0.139. The average molecular weight is 527 g/mol. The zero-order valence-corrected chi connectivity index (χ0v) is 22.1. The van der Waals surface area contributed by atoms with Crippen LogP contribution in [0.25, 0.3) is 0 Å². The Kier molecular flexibility index (Phi) is 10.1. The predicted octanol–water partition coefficient (Wildman–Crippen LogP) is 3.28. The third-order valence-corrected chi connectivity index (χ3v) is 7.32. The van der Waals surface area contributed by atoms with Gasteiger partial charge >= 0.3 is 10.2 Å². The van der Waals surface area contributed by atoms with Gasteiger partial charge < -0.3 is 10.2 Å². The Morgan fingerprint density at radius 3 is 2.09 bits per heavy atom. The summed E-state index contributed by atoms with van der Waals surface area (Å²) >= 11 is 5.97. The van der Waals surface area contributed by atoms with Crippen LogP contribution in [0.2, 0.25) is 5.02 Å². The SMILES string of the molecule is CC(C)CNC(=O)[C@H](C)N(Cc1ccc(Cl)cc1)C(=O)CN(c1ccc(F)cc1)S(=O)(=O)N(C)C. The van der Waals surface area contributed by atoms with Crippen molar-refractivity contribution in [2.75, 3.05) is 31.5 Å². The van der Waals surface area contributed by atoms with Gasteiger partial charge in [0, 0.05) is 32.2 Å². The molecule has 0 heterocycles. The summed E-state index contributed by atoms with van der Waals surface area (Å²) in [7, 11) is -1.43. The van der Waals surface area contributed by atoms with Crippen LogP contribution in [-0.4, -0.2) is 62.7 Å². The van der Waals surface area contributed by atoms with E-state index >= 15 is 0 Å². The van der Waals surface area contributed by atoms with Crippen LogP contribution in [0.5, 0.6) is 0 Å². The highest BCUT2D eigenvalue weighted by Gasteiger charge is 2.32. The number of benzene rings is 2. The van der Waals surface area contributed by atoms with Crippen molar-refractivity contribution >= 4 is 39.3 Å². The third kappa shape index (κ3) is 7.91. The molecular formula is C24H32ClFN4O4S. The molecule has 2 aromatic carbocycles. The van der Waals surface area contributed by atoms with Gasteiger partial charge in [0.2, 0.25) is 11.8 Å². The molecule has 0 aliphatic rings. The summed E-state index contributed by atoms with van der Waals surface area (Å²) in [6.07, 6.45) is 0. The van der Waals surface area contributed by atoms with E-state index in [9.17, 15) is 22.4 Å². The maximum atomic E-state index is 13.5. The van der Waals surface area contributed by atoms with E-state index < -0.39 is 34.5 Å². The predicted molar refractivity (Wildman–Crippen MR) is 136 cm³/mol. The highest BCUT2D eigenvalue weighted by atomic mass is 35.5. The minimum atomic E-state index is -4.10. The molecule has 0 aromatic heterocycles. The molecule has 1 atom stereocenters. The quantitative estimate of drug-likeness (QED) is 0.486. The zero-order chi connectivity index (χ0) is 26.3. The highest BCUT2D eigenvalue weighted by molar-refractivity contribution is 7.90. The second-order valence-electron chi connectivity index (χ2n) is 8.74. The van der Waals surface area contributed by atoms with Crippen molar-refractivity contribution in [2.45, 2.75) is 33.4 Å². The van der Waals surface area contributed by atoms with Gasteiger partial charge in [0.25, 0.3) is 0 Å². The Morgan fingerprint density at radius 1 is 1.00 bits per heavy atom. The lowest BCUT2D eigenvalue weighted by Gasteiger charge is -2.33. The smallest absolute Gasteiger partial charge is 0.304 e. The van der Waals surface area contributed by atoms with E-state index in [1.165, 1.54) is 31.1 Å². The molecule has 0 aliphatic heterocycles. The average Bonchev–Trinajstić information content (AvgIpc) is 2.80. The van der Waals surface area contributed by atoms with E-state index in [1.54, 1.807) is 31.2 Å². The van der Waals surface area contributed by atoms with Crippen LogP contribution in [0.4, 0.5) is 10.1 Å². The van der Waals surface area contributed by atoms with Crippen molar-refractivity contribution in [1.82, 2.24) is 14.5 Å². The summed E-state index contributed by atoms with van der Waals surface area (Å²) in [6, 6.07) is 10.7. The first-order chi connectivity index (χ1) is 16.3. The van der Waals surface area contributed by atoms with Crippen LogP contribution < -0.4 is 9.62 Å². The minimum absolute atomic E-state index is 0.0610. The molecule has 0 saturated heterocycles. The molecule has 35 heavy (non-hydrogen) atoms. The second-order valence-corrected chi connectivity index (χ2v) is 11.2. The zero-order valence-electron chi connectivity index (χ0n) is 20.5. The molecule has 11 heteroatoms. The van der Waals surface area contributed by atoms with Crippen LogP contribution in [0.15, 0.2) is 48.5 Å². The van der Waals surface area contributed by atoms with Gasteiger partial charge in [0.05, 0.1) is 5.69 Å². The number of hydrogen-bond donors (Lipinski definition) is 1. The van der Waals surface area contributed by atoms with Crippen LogP contribution in [0, 0.1) is 11.7 Å². The second kappa shape index (κ2) is 12.3. The molecule has 0 spiro atoms. The Balaban J connectivity index is 2.41. The van der Waals surface area contributed by atoms with E-state index in [4.69, 9.17) is 11.6 Å². The Morgan fingerprint density at radius 2 is 1.57 bits per heavy atom. The summed E-state index contributed by atoms with van der Waals surface area (Å²) in [6.45, 7) is 5.41. The van der Waals surface area contributed by atoms with Gasteiger partial charge in [-0.05, 0) is 54.8 Å². The normalized spacial score (nSPS) is 12.5. The summed E-state index contributed by atoms with van der Waals surface area (Å²) in [5.41, 5.74) is 0.840. The number of nitrogens with one attached hydrogen (secondary N) is 1.